The number of rotatable bonds is 3. The molecule has 3 rings (SSSR count). The summed E-state index contributed by atoms with van der Waals surface area (Å²) in [5, 5.41) is 2.90. The number of nitrogens with zero attached hydrogens (tertiary/aromatic N) is 2. The number of carbonyl (C=O) groups is 3. The highest BCUT2D eigenvalue weighted by molar-refractivity contribution is 6.05. The number of benzene rings is 2. The fourth-order valence-electron chi connectivity index (χ4n) is 3.42. The number of hydrogen-bond acceptors (Lipinski definition) is 3. The van der Waals surface area contributed by atoms with E-state index in [4.69, 9.17) is 0 Å². The van der Waals surface area contributed by atoms with Crippen LogP contribution in [0.3, 0.4) is 0 Å². The van der Waals surface area contributed by atoms with E-state index in [9.17, 15) is 14.4 Å². The minimum Gasteiger partial charge on any atom is -0.339 e. The zero-order chi connectivity index (χ0) is 20.3. The summed E-state index contributed by atoms with van der Waals surface area (Å²) in [7, 11) is 0. The molecule has 1 saturated heterocycles. The molecule has 0 unspecified atom stereocenters. The van der Waals surface area contributed by atoms with Crippen molar-refractivity contribution in [3.8, 4) is 0 Å². The van der Waals surface area contributed by atoms with Gasteiger partial charge >= 0.3 is 0 Å². The lowest BCUT2D eigenvalue weighted by atomic mass is 10.1. The normalized spacial score (nSPS) is 14.0. The summed E-state index contributed by atoms with van der Waals surface area (Å²) in [5.41, 5.74) is 3.96. The highest BCUT2D eigenvalue weighted by Gasteiger charge is 2.23. The molecule has 0 atom stereocenters. The second-order valence-corrected chi connectivity index (χ2v) is 7.21. The van der Waals surface area contributed by atoms with E-state index in [0.29, 0.717) is 37.3 Å². The molecule has 6 nitrogen and oxygen atoms in total. The molecule has 1 fully saturated rings. The van der Waals surface area contributed by atoms with E-state index in [1.807, 2.05) is 32.0 Å². The van der Waals surface area contributed by atoms with E-state index in [0.717, 1.165) is 16.8 Å². The van der Waals surface area contributed by atoms with Crippen molar-refractivity contribution in [2.24, 2.45) is 0 Å². The highest BCUT2D eigenvalue weighted by Crippen LogP contribution is 2.16. The standard InChI is InChI=1S/C22H25N3O3/c1-15-12-16(2)14-20(13-15)23-21(27)18-4-6-19(7-5-18)22(28)25-10-8-24(9-11-25)17(3)26/h4-7,12-14H,8-11H2,1-3H3,(H,23,27). The number of hydrogen-bond donors (Lipinski definition) is 1. The summed E-state index contributed by atoms with van der Waals surface area (Å²) < 4.78 is 0. The largest absolute Gasteiger partial charge is 0.339 e. The van der Waals surface area contributed by atoms with Crippen LogP contribution in [0.1, 0.15) is 38.8 Å². The molecule has 3 amide bonds. The number of carbonyl (C=O) groups excluding carboxylic acids is 3. The van der Waals surface area contributed by atoms with Crippen LogP contribution in [0.2, 0.25) is 0 Å². The molecular weight excluding hydrogens is 354 g/mol. The van der Waals surface area contributed by atoms with Crippen LogP contribution in [0.15, 0.2) is 42.5 Å². The molecule has 0 saturated carbocycles. The van der Waals surface area contributed by atoms with Gasteiger partial charge in [-0.15, -0.1) is 0 Å². The highest BCUT2D eigenvalue weighted by atomic mass is 16.2. The van der Waals surface area contributed by atoms with Crippen molar-refractivity contribution in [2.45, 2.75) is 20.8 Å². The summed E-state index contributed by atoms with van der Waals surface area (Å²) in [4.78, 5) is 40.0. The Morgan fingerprint density at radius 1 is 0.786 bits per heavy atom. The van der Waals surface area contributed by atoms with Gasteiger partial charge in [-0.2, -0.15) is 0 Å². The second-order valence-electron chi connectivity index (χ2n) is 7.21. The third-order valence-corrected chi connectivity index (χ3v) is 4.89. The van der Waals surface area contributed by atoms with Gasteiger partial charge in [-0.3, -0.25) is 14.4 Å². The molecule has 0 spiro atoms. The van der Waals surface area contributed by atoms with E-state index >= 15 is 0 Å². The molecular formula is C22H25N3O3. The van der Waals surface area contributed by atoms with Crippen LogP contribution in [-0.2, 0) is 4.79 Å². The predicted molar refractivity (Wildman–Crippen MR) is 108 cm³/mol. The summed E-state index contributed by atoms with van der Waals surface area (Å²) in [6.45, 7) is 7.66. The van der Waals surface area contributed by atoms with Crippen molar-refractivity contribution >= 4 is 23.4 Å². The maximum Gasteiger partial charge on any atom is 0.255 e. The maximum absolute atomic E-state index is 12.6. The molecule has 1 N–H and O–H groups in total. The first kappa shape index (κ1) is 19.6. The van der Waals surface area contributed by atoms with Gasteiger partial charge in [0.1, 0.15) is 0 Å². The predicted octanol–water partition coefficient (Wildman–Crippen LogP) is 2.86. The van der Waals surface area contributed by atoms with Crippen LogP contribution in [0.5, 0.6) is 0 Å². The first-order valence-electron chi connectivity index (χ1n) is 9.38. The maximum atomic E-state index is 12.6. The van der Waals surface area contributed by atoms with Crippen molar-refractivity contribution in [3.05, 3.63) is 64.7 Å². The molecule has 0 aromatic heterocycles. The summed E-state index contributed by atoms with van der Waals surface area (Å²) in [6, 6.07) is 12.6. The molecule has 1 aliphatic heterocycles. The minimum atomic E-state index is -0.209. The number of amides is 3. The summed E-state index contributed by atoms with van der Waals surface area (Å²) in [5.74, 6) is -0.255. The number of piperazine rings is 1. The molecule has 1 heterocycles. The van der Waals surface area contributed by atoms with Crippen LogP contribution in [0, 0.1) is 13.8 Å². The lowest BCUT2D eigenvalue weighted by Crippen LogP contribution is -2.50. The molecule has 1 aliphatic rings. The number of nitrogens with one attached hydrogen (secondary N) is 1. The molecule has 2 aromatic rings. The van der Waals surface area contributed by atoms with Gasteiger partial charge in [0.2, 0.25) is 5.91 Å². The van der Waals surface area contributed by atoms with Crippen molar-refractivity contribution in [3.63, 3.8) is 0 Å². The third kappa shape index (κ3) is 4.57. The van der Waals surface area contributed by atoms with E-state index in [1.54, 1.807) is 41.0 Å². The lowest BCUT2D eigenvalue weighted by Gasteiger charge is -2.34. The fourth-order valence-corrected chi connectivity index (χ4v) is 3.42. The van der Waals surface area contributed by atoms with Gasteiger partial charge in [-0.25, -0.2) is 0 Å². The zero-order valence-corrected chi connectivity index (χ0v) is 16.5. The van der Waals surface area contributed by atoms with Crippen LogP contribution < -0.4 is 5.32 Å². The van der Waals surface area contributed by atoms with Crippen LogP contribution in [-0.4, -0.2) is 53.7 Å². The molecule has 146 valence electrons. The Morgan fingerprint density at radius 3 is 1.82 bits per heavy atom. The fraction of sp³-hybridized carbons (Fsp3) is 0.318. The monoisotopic (exact) mass is 379 g/mol. The molecule has 28 heavy (non-hydrogen) atoms. The molecule has 0 radical (unpaired) electrons. The SMILES string of the molecule is CC(=O)N1CCN(C(=O)c2ccc(C(=O)Nc3cc(C)cc(C)c3)cc2)CC1. The van der Waals surface area contributed by atoms with Crippen molar-refractivity contribution in [2.75, 3.05) is 31.5 Å². The Kier molecular flexibility index (Phi) is 5.78. The zero-order valence-electron chi connectivity index (χ0n) is 16.5. The Hall–Kier alpha value is -3.15. The van der Waals surface area contributed by atoms with Crippen molar-refractivity contribution in [1.29, 1.82) is 0 Å². The van der Waals surface area contributed by atoms with Gasteiger partial charge in [0, 0.05) is 49.9 Å². The summed E-state index contributed by atoms with van der Waals surface area (Å²) in [6.07, 6.45) is 0. The Labute approximate surface area is 165 Å². The molecule has 2 aromatic carbocycles. The topological polar surface area (TPSA) is 69.7 Å². The average molecular weight is 379 g/mol. The van der Waals surface area contributed by atoms with Crippen molar-refractivity contribution < 1.29 is 14.4 Å². The van der Waals surface area contributed by atoms with E-state index < -0.39 is 0 Å². The lowest BCUT2D eigenvalue weighted by molar-refractivity contribution is -0.130. The minimum absolute atomic E-state index is 0.0336. The van der Waals surface area contributed by atoms with Crippen LogP contribution >= 0.6 is 0 Å². The first-order chi connectivity index (χ1) is 13.3. The Bertz CT molecular complexity index is 877. The van der Waals surface area contributed by atoms with E-state index in [1.165, 1.54) is 0 Å². The first-order valence-corrected chi connectivity index (χ1v) is 9.38. The van der Waals surface area contributed by atoms with Gasteiger partial charge in [-0.05, 0) is 61.4 Å². The number of aryl methyl sites for hydroxylation is 2. The van der Waals surface area contributed by atoms with Crippen molar-refractivity contribution in [1.82, 2.24) is 9.80 Å². The third-order valence-electron chi connectivity index (χ3n) is 4.89. The smallest absolute Gasteiger partial charge is 0.255 e. The molecule has 0 bridgehead atoms. The Balaban J connectivity index is 1.63. The molecule has 6 heteroatoms. The quantitative estimate of drug-likeness (QED) is 0.892. The van der Waals surface area contributed by atoms with Gasteiger partial charge in [0.25, 0.3) is 11.8 Å². The summed E-state index contributed by atoms with van der Waals surface area (Å²) >= 11 is 0. The van der Waals surface area contributed by atoms with Gasteiger partial charge in [0.05, 0.1) is 0 Å². The van der Waals surface area contributed by atoms with E-state index in [-0.39, 0.29) is 17.7 Å². The van der Waals surface area contributed by atoms with Crippen LogP contribution in [0.25, 0.3) is 0 Å². The van der Waals surface area contributed by atoms with Gasteiger partial charge in [-0.1, -0.05) is 6.07 Å². The van der Waals surface area contributed by atoms with Gasteiger partial charge < -0.3 is 15.1 Å². The number of anilines is 1. The Morgan fingerprint density at radius 2 is 1.29 bits per heavy atom. The average Bonchev–Trinajstić information content (AvgIpc) is 2.66. The second kappa shape index (κ2) is 8.25. The molecule has 0 aliphatic carbocycles. The van der Waals surface area contributed by atoms with Crippen LogP contribution in [0.4, 0.5) is 5.69 Å². The van der Waals surface area contributed by atoms with E-state index in [2.05, 4.69) is 5.32 Å². The van der Waals surface area contributed by atoms with Gasteiger partial charge in [0.15, 0.2) is 0 Å².